The van der Waals surface area contributed by atoms with Crippen molar-refractivity contribution in [3.8, 4) is 0 Å². The van der Waals surface area contributed by atoms with Gasteiger partial charge in [0.25, 0.3) is 5.91 Å². The number of amides is 1. The van der Waals surface area contributed by atoms with E-state index in [4.69, 9.17) is 4.52 Å². The molecule has 1 atom stereocenters. The Morgan fingerprint density at radius 3 is 2.76 bits per heavy atom. The van der Waals surface area contributed by atoms with E-state index >= 15 is 0 Å². The molecule has 3 rings (SSSR count). The molecule has 1 saturated carbocycles. The lowest BCUT2D eigenvalue weighted by Gasteiger charge is -2.23. The molecule has 0 bridgehead atoms. The minimum atomic E-state index is -0.0726. The second kappa shape index (κ2) is 6.02. The standard InChI is InChI=1S/C16H20N2O2S/c1-10-14(11(2)20-18-10)16(19)17-15(12-6-3-4-7-12)13-8-5-9-21-13/h5,8-9,12,15H,3-4,6-7H2,1-2H3,(H,17,19)/t15-/m0/s1. The molecule has 112 valence electrons. The predicted molar refractivity (Wildman–Crippen MR) is 82.5 cm³/mol. The Kier molecular flexibility index (Phi) is 4.10. The molecule has 0 aromatic carbocycles. The summed E-state index contributed by atoms with van der Waals surface area (Å²) in [5.74, 6) is 1.05. The van der Waals surface area contributed by atoms with Gasteiger partial charge < -0.3 is 9.84 Å². The van der Waals surface area contributed by atoms with Crippen LogP contribution in [0.15, 0.2) is 22.0 Å². The summed E-state index contributed by atoms with van der Waals surface area (Å²) < 4.78 is 5.11. The van der Waals surface area contributed by atoms with Crippen LogP contribution in [0.3, 0.4) is 0 Å². The quantitative estimate of drug-likeness (QED) is 0.928. The van der Waals surface area contributed by atoms with Gasteiger partial charge in [0, 0.05) is 4.88 Å². The van der Waals surface area contributed by atoms with E-state index in [1.807, 2.05) is 6.07 Å². The molecule has 0 aliphatic heterocycles. The lowest BCUT2D eigenvalue weighted by atomic mass is 9.96. The predicted octanol–water partition coefficient (Wildman–Crippen LogP) is 4.01. The highest BCUT2D eigenvalue weighted by atomic mass is 32.1. The first-order chi connectivity index (χ1) is 10.2. The number of carbonyl (C=O) groups is 1. The van der Waals surface area contributed by atoms with Crippen LogP contribution in [0, 0.1) is 19.8 Å². The average Bonchev–Trinajstić information content (AvgIpc) is 3.18. The van der Waals surface area contributed by atoms with Crippen LogP contribution >= 0.6 is 11.3 Å². The maximum atomic E-state index is 12.6. The Morgan fingerprint density at radius 1 is 1.43 bits per heavy atom. The summed E-state index contributed by atoms with van der Waals surface area (Å²) in [6.45, 7) is 3.59. The Labute approximate surface area is 128 Å². The van der Waals surface area contributed by atoms with Gasteiger partial charge >= 0.3 is 0 Å². The molecule has 1 N–H and O–H groups in total. The number of aryl methyl sites for hydroxylation is 2. The van der Waals surface area contributed by atoms with E-state index in [0.717, 1.165) is 0 Å². The summed E-state index contributed by atoms with van der Waals surface area (Å²) in [6, 6.07) is 4.26. The first kappa shape index (κ1) is 14.3. The summed E-state index contributed by atoms with van der Waals surface area (Å²) in [7, 11) is 0. The first-order valence-corrected chi connectivity index (χ1v) is 8.32. The van der Waals surface area contributed by atoms with Crippen LogP contribution in [0.25, 0.3) is 0 Å². The molecule has 5 heteroatoms. The molecule has 0 radical (unpaired) electrons. The minimum Gasteiger partial charge on any atom is -0.361 e. The lowest BCUT2D eigenvalue weighted by molar-refractivity contribution is 0.0920. The van der Waals surface area contributed by atoms with Gasteiger partial charge in [-0.15, -0.1) is 11.3 Å². The summed E-state index contributed by atoms with van der Waals surface area (Å²) >= 11 is 1.71. The highest BCUT2D eigenvalue weighted by Crippen LogP contribution is 2.37. The highest BCUT2D eigenvalue weighted by molar-refractivity contribution is 7.10. The fourth-order valence-electron chi connectivity index (χ4n) is 3.20. The van der Waals surface area contributed by atoms with E-state index < -0.39 is 0 Å². The van der Waals surface area contributed by atoms with Crippen molar-refractivity contribution in [1.29, 1.82) is 0 Å². The number of hydrogen-bond acceptors (Lipinski definition) is 4. The topological polar surface area (TPSA) is 55.1 Å². The van der Waals surface area contributed by atoms with Crippen molar-refractivity contribution in [2.24, 2.45) is 5.92 Å². The zero-order chi connectivity index (χ0) is 14.8. The zero-order valence-corrected chi connectivity index (χ0v) is 13.2. The number of nitrogens with one attached hydrogen (secondary N) is 1. The number of hydrogen-bond donors (Lipinski definition) is 1. The van der Waals surface area contributed by atoms with Gasteiger partial charge in [-0.3, -0.25) is 4.79 Å². The van der Waals surface area contributed by atoms with Crippen LogP contribution in [0.2, 0.25) is 0 Å². The van der Waals surface area contributed by atoms with E-state index in [9.17, 15) is 4.79 Å². The van der Waals surface area contributed by atoms with Gasteiger partial charge in [-0.05, 0) is 44.1 Å². The SMILES string of the molecule is Cc1noc(C)c1C(=O)N[C@H](c1cccs1)C1CCCC1. The van der Waals surface area contributed by atoms with Gasteiger partial charge in [-0.25, -0.2) is 0 Å². The normalized spacial score (nSPS) is 17.0. The maximum Gasteiger partial charge on any atom is 0.257 e. The van der Waals surface area contributed by atoms with Crippen LogP contribution in [-0.2, 0) is 0 Å². The Hall–Kier alpha value is -1.62. The summed E-state index contributed by atoms with van der Waals surface area (Å²) in [5.41, 5.74) is 1.23. The number of rotatable bonds is 4. The largest absolute Gasteiger partial charge is 0.361 e. The first-order valence-electron chi connectivity index (χ1n) is 7.44. The molecular formula is C16H20N2O2S. The van der Waals surface area contributed by atoms with Crippen molar-refractivity contribution in [3.63, 3.8) is 0 Å². The molecule has 0 unspecified atom stereocenters. The number of aromatic nitrogens is 1. The molecular weight excluding hydrogens is 284 g/mol. The van der Waals surface area contributed by atoms with Crippen molar-refractivity contribution in [3.05, 3.63) is 39.4 Å². The van der Waals surface area contributed by atoms with E-state index in [-0.39, 0.29) is 11.9 Å². The van der Waals surface area contributed by atoms with Gasteiger partial charge in [0.2, 0.25) is 0 Å². The van der Waals surface area contributed by atoms with Crippen LogP contribution < -0.4 is 5.32 Å². The summed E-state index contributed by atoms with van der Waals surface area (Å²) in [5, 5.41) is 9.16. The van der Waals surface area contributed by atoms with Crippen LogP contribution in [0.1, 0.15) is 58.4 Å². The molecule has 2 aromatic heterocycles. The molecule has 4 nitrogen and oxygen atoms in total. The van der Waals surface area contributed by atoms with Gasteiger partial charge in [-0.1, -0.05) is 24.1 Å². The fourth-order valence-corrected chi connectivity index (χ4v) is 4.07. The van der Waals surface area contributed by atoms with Crippen molar-refractivity contribution in [2.45, 2.75) is 45.6 Å². The summed E-state index contributed by atoms with van der Waals surface area (Å²) in [6.07, 6.45) is 4.89. The number of nitrogens with zero attached hydrogens (tertiary/aromatic N) is 1. The lowest BCUT2D eigenvalue weighted by Crippen LogP contribution is -2.32. The minimum absolute atomic E-state index is 0.0726. The third-order valence-corrected chi connectivity index (χ3v) is 5.22. The van der Waals surface area contributed by atoms with Crippen molar-refractivity contribution >= 4 is 17.2 Å². The molecule has 21 heavy (non-hydrogen) atoms. The molecule has 2 heterocycles. The second-order valence-corrected chi connectivity index (χ2v) is 6.69. The molecule has 2 aromatic rings. The smallest absolute Gasteiger partial charge is 0.257 e. The van der Waals surface area contributed by atoms with Crippen molar-refractivity contribution in [2.75, 3.05) is 0 Å². The molecule has 1 aliphatic rings. The van der Waals surface area contributed by atoms with Gasteiger partial charge in [0.1, 0.15) is 11.3 Å². The van der Waals surface area contributed by atoms with Crippen molar-refractivity contribution < 1.29 is 9.32 Å². The Morgan fingerprint density at radius 2 is 2.19 bits per heavy atom. The second-order valence-electron chi connectivity index (χ2n) is 5.71. The van der Waals surface area contributed by atoms with Crippen LogP contribution in [0.5, 0.6) is 0 Å². The third-order valence-electron chi connectivity index (χ3n) is 4.27. The van der Waals surface area contributed by atoms with Gasteiger partial charge in [-0.2, -0.15) is 0 Å². The zero-order valence-electron chi connectivity index (χ0n) is 12.4. The van der Waals surface area contributed by atoms with E-state index in [2.05, 4.69) is 21.9 Å². The van der Waals surface area contributed by atoms with Gasteiger partial charge in [0.05, 0.1) is 11.7 Å². The summed E-state index contributed by atoms with van der Waals surface area (Å²) in [4.78, 5) is 13.8. The molecule has 0 spiro atoms. The molecule has 0 saturated heterocycles. The van der Waals surface area contributed by atoms with Gasteiger partial charge in [0.15, 0.2) is 0 Å². The Balaban J connectivity index is 1.83. The molecule has 1 amide bonds. The Bertz CT molecular complexity index is 593. The fraction of sp³-hybridized carbons (Fsp3) is 0.500. The van der Waals surface area contributed by atoms with Crippen LogP contribution in [0.4, 0.5) is 0 Å². The van der Waals surface area contributed by atoms with E-state index in [0.29, 0.717) is 22.9 Å². The molecule has 1 aliphatic carbocycles. The molecule has 1 fully saturated rings. The van der Waals surface area contributed by atoms with Crippen molar-refractivity contribution in [1.82, 2.24) is 10.5 Å². The third kappa shape index (κ3) is 2.88. The van der Waals surface area contributed by atoms with E-state index in [1.165, 1.54) is 30.6 Å². The average molecular weight is 304 g/mol. The number of thiophene rings is 1. The van der Waals surface area contributed by atoms with E-state index in [1.54, 1.807) is 25.2 Å². The highest BCUT2D eigenvalue weighted by Gasteiger charge is 2.30. The number of carbonyl (C=O) groups excluding carboxylic acids is 1. The van der Waals surface area contributed by atoms with Crippen LogP contribution in [-0.4, -0.2) is 11.1 Å². The monoisotopic (exact) mass is 304 g/mol. The maximum absolute atomic E-state index is 12.6.